The lowest BCUT2D eigenvalue weighted by atomic mass is 10.2. The van der Waals surface area contributed by atoms with Gasteiger partial charge in [-0.2, -0.15) is 5.26 Å². The minimum absolute atomic E-state index is 0.0292. The van der Waals surface area contributed by atoms with Gasteiger partial charge in [0.05, 0.1) is 7.11 Å². The van der Waals surface area contributed by atoms with Crippen LogP contribution in [-0.2, 0) is 14.3 Å². The van der Waals surface area contributed by atoms with Crippen molar-refractivity contribution in [2.75, 3.05) is 17.7 Å². The maximum Gasteiger partial charge on any atom is 0.350 e. The van der Waals surface area contributed by atoms with Crippen LogP contribution in [0.3, 0.4) is 0 Å². The molecule has 0 aliphatic rings. The predicted octanol–water partition coefficient (Wildman–Crippen LogP) is 3.20. The number of nitriles is 1. The lowest BCUT2D eigenvalue weighted by molar-refractivity contribution is -0.135. The summed E-state index contributed by atoms with van der Waals surface area (Å²) in [4.78, 5) is 23.1. The Morgan fingerprint density at radius 1 is 1.30 bits per heavy atom. The van der Waals surface area contributed by atoms with Crippen LogP contribution in [-0.4, -0.2) is 19.0 Å². The number of anilines is 2. The van der Waals surface area contributed by atoms with E-state index >= 15 is 0 Å². The molecule has 0 fully saturated rings. The number of esters is 1. The topological polar surface area (TPSA) is 91.2 Å². The Morgan fingerprint density at radius 3 is 2.70 bits per heavy atom. The van der Waals surface area contributed by atoms with Gasteiger partial charge < -0.3 is 15.4 Å². The molecule has 6 nitrogen and oxygen atoms in total. The van der Waals surface area contributed by atoms with E-state index in [0.29, 0.717) is 17.8 Å². The third-order valence-corrected chi connectivity index (χ3v) is 3.06. The van der Waals surface area contributed by atoms with Gasteiger partial charge in [0.1, 0.15) is 6.07 Å². The van der Waals surface area contributed by atoms with E-state index in [-0.39, 0.29) is 11.5 Å². The average molecular weight is 315 g/mol. The van der Waals surface area contributed by atoms with Crippen LogP contribution in [0.2, 0.25) is 0 Å². The second kappa shape index (κ2) is 10.0. The molecule has 6 heteroatoms. The highest BCUT2D eigenvalue weighted by Gasteiger charge is 2.08. The third kappa shape index (κ3) is 6.66. The maximum absolute atomic E-state index is 11.8. The molecule has 23 heavy (non-hydrogen) atoms. The number of benzene rings is 1. The molecule has 0 bridgehead atoms. The molecule has 0 atom stereocenters. The van der Waals surface area contributed by atoms with Crippen LogP contribution < -0.4 is 10.6 Å². The molecule has 0 radical (unpaired) electrons. The number of carbonyl (C=O) groups is 2. The summed E-state index contributed by atoms with van der Waals surface area (Å²) in [5.74, 6) is -0.737. The van der Waals surface area contributed by atoms with Gasteiger partial charge in [0.2, 0.25) is 5.91 Å². The summed E-state index contributed by atoms with van der Waals surface area (Å²) in [5, 5.41) is 14.5. The molecular formula is C17H21N3O3. The lowest BCUT2D eigenvalue weighted by Crippen LogP contribution is -2.11. The van der Waals surface area contributed by atoms with E-state index in [4.69, 9.17) is 5.26 Å². The average Bonchev–Trinajstić information content (AvgIpc) is 2.55. The first-order valence-corrected chi connectivity index (χ1v) is 7.45. The molecule has 0 unspecified atom stereocenters. The van der Waals surface area contributed by atoms with E-state index < -0.39 is 5.97 Å². The standard InChI is InChI=1S/C17H21N3O3/c1-3-4-5-9-16(21)20-15-8-6-7-14(10-15)19-12-13(11-18)17(22)23-2/h6-8,10,12,19H,3-5,9H2,1-2H3,(H,20,21)/b13-12-. The Kier molecular flexibility index (Phi) is 7.94. The summed E-state index contributed by atoms with van der Waals surface area (Å²) < 4.78 is 4.49. The van der Waals surface area contributed by atoms with E-state index in [1.165, 1.54) is 13.3 Å². The number of ether oxygens (including phenoxy) is 1. The Morgan fingerprint density at radius 2 is 2.04 bits per heavy atom. The minimum atomic E-state index is -0.708. The summed E-state index contributed by atoms with van der Waals surface area (Å²) in [7, 11) is 1.21. The third-order valence-electron chi connectivity index (χ3n) is 3.06. The van der Waals surface area contributed by atoms with Crippen LogP contribution >= 0.6 is 0 Å². The molecule has 1 amide bonds. The van der Waals surface area contributed by atoms with Gasteiger partial charge in [-0.25, -0.2) is 4.79 Å². The summed E-state index contributed by atoms with van der Waals surface area (Å²) >= 11 is 0. The van der Waals surface area contributed by atoms with Gasteiger partial charge in [0, 0.05) is 24.0 Å². The summed E-state index contributed by atoms with van der Waals surface area (Å²) in [6.45, 7) is 2.09. The molecule has 122 valence electrons. The molecule has 0 aliphatic carbocycles. The number of methoxy groups -OCH3 is 1. The quantitative estimate of drug-likeness (QED) is 0.333. The van der Waals surface area contributed by atoms with Crippen molar-refractivity contribution < 1.29 is 14.3 Å². The zero-order chi connectivity index (χ0) is 17.1. The normalized spacial score (nSPS) is 10.6. The SMILES string of the molecule is CCCCCC(=O)Nc1cccc(N/C=C(/C#N)C(=O)OC)c1. The fourth-order valence-corrected chi connectivity index (χ4v) is 1.85. The number of rotatable bonds is 8. The first-order valence-electron chi connectivity index (χ1n) is 7.45. The van der Waals surface area contributed by atoms with E-state index in [2.05, 4.69) is 22.3 Å². The fourth-order valence-electron chi connectivity index (χ4n) is 1.85. The van der Waals surface area contributed by atoms with Crippen molar-refractivity contribution in [3.8, 4) is 6.07 Å². The van der Waals surface area contributed by atoms with Crippen molar-refractivity contribution in [3.05, 3.63) is 36.0 Å². The molecule has 0 aliphatic heterocycles. The van der Waals surface area contributed by atoms with Gasteiger partial charge in [0.25, 0.3) is 0 Å². The number of nitrogens with one attached hydrogen (secondary N) is 2. The van der Waals surface area contributed by atoms with E-state index in [9.17, 15) is 9.59 Å². The summed E-state index contributed by atoms with van der Waals surface area (Å²) in [6.07, 6.45) is 4.73. The molecule has 1 aromatic rings. The van der Waals surface area contributed by atoms with Crippen molar-refractivity contribution in [1.29, 1.82) is 5.26 Å². The lowest BCUT2D eigenvalue weighted by Gasteiger charge is -2.07. The molecule has 0 spiro atoms. The largest absolute Gasteiger partial charge is 0.465 e. The predicted molar refractivity (Wildman–Crippen MR) is 88.5 cm³/mol. The second-order valence-corrected chi connectivity index (χ2v) is 4.89. The second-order valence-electron chi connectivity index (χ2n) is 4.89. The van der Waals surface area contributed by atoms with Crippen molar-refractivity contribution >= 4 is 23.3 Å². The first-order chi connectivity index (χ1) is 11.1. The van der Waals surface area contributed by atoms with Gasteiger partial charge in [-0.1, -0.05) is 25.8 Å². The van der Waals surface area contributed by atoms with Gasteiger partial charge in [0.15, 0.2) is 5.57 Å². The number of nitrogens with zero attached hydrogens (tertiary/aromatic N) is 1. The maximum atomic E-state index is 11.8. The highest BCUT2D eigenvalue weighted by atomic mass is 16.5. The number of amides is 1. The van der Waals surface area contributed by atoms with E-state index in [1.807, 2.05) is 0 Å². The van der Waals surface area contributed by atoms with Gasteiger partial charge in [-0.3, -0.25) is 4.79 Å². The first kappa shape index (κ1) is 18.2. The Bertz CT molecular complexity index is 618. The fraction of sp³-hybridized carbons (Fsp3) is 0.353. The van der Waals surface area contributed by atoms with Crippen LogP contribution in [0, 0.1) is 11.3 Å². The number of hydrogen-bond donors (Lipinski definition) is 2. The smallest absolute Gasteiger partial charge is 0.350 e. The van der Waals surface area contributed by atoms with E-state index in [1.54, 1.807) is 30.3 Å². The summed E-state index contributed by atoms with van der Waals surface area (Å²) in [6, 6.07) is 8.78. The highest BCUT2D eigenvalue weighted by molar-refractivity contribution is 5.93. The zero-order valence-electron chi connectivity index (χ0n) is 13.4. The Labute approximate surface area is 136 Å². The number of unbranched alkanes of at least 4 members (excludes halogenated alkanes) is 2. The zero-order valence-corrected chi connectivity index (χ0v) is 13.4. The van der Waals surface area contributed by atoms with Crippen molar-refractivity contribution in [1.82, 2.24) is 0 Å². The monoisotopic (exact) mass is 315 g/mol. The van der Waals surface area contributed by atoms with Gasteiger partial charge in [-0.05, 0) is 24.6 Å². The van der Waals surface area contributed by atoms with Gasteiger partial charge in [-0.15, -0.1) is 0 Å². The molecule has 0 aromatic heterocycles. The summed E-state index contributed by atoms with van der Waals surface area (Å²) in [5.41, 5.74) is 1.16. The van der Waals surface area contributed by atoms with Gasteiger partial charge >= 0.3 is 5.97 Å². The van der Waals surface area contributed by atoms with Crippen LogP contribution in [0.25, 0.3) is 0 Å². The molecule has 1 aromatic carbocycles. The molecule has 2 N–H and O–H groups in total. The van der Waals surface area contributed by atoms with Crippen LogP contribution in [0.1, 0.15) is 32.6 Å². The molecule has 0 saturated carbocycles. The Balaban J connectivity index is 2.66. The molecule has 0 heterocycles. The number of carbonyl (C=O) groups excluding carboxylic acids is 2. The van der Waals surface area contributed by atoms with Crippen LogP contribution in [0.4, 0.5) is 11.4 Å². The highest BCUT2D eigenvalue weighted by Crippen LogP contribution is 2.16. The molecule has 1 rings (SSSR count). The van der Waals surface area contributed by atoms with Crippen molar-refractivity contribution in [3.63, 3.8) is 0 Å². The molecular weight excluding hydrogens is 294 g/mol. The van der Waals surface area contributed by atoms with Crippen LogP contribution in [0.5, 0.6) is 0 Å². The minimum Gasteiger partial charge on any atom is -0.465 e. The van der Waals surface area contributed by atoms with Crippen molar-refractivity contribution in [2.24, 2.45) is 0 Å². The van der Waals surface area contributed by atoms with Crippen LogP contribution in [0.15, 0.2) is 36.0 Å². The van der Waals surface area contributed by atoms with E-state index in [0.717, 1.165) is 19.3 Å². The number of hydrogen-bond acceptors (Lipinski definition) is 5. The van der Waals surface area contributed by atoms with Crippen molar-refractivity contribution in [2.45, 2.75) is 32.6 Å². The molecule has 0 saturated heterocycles. The Hall–Kier alpha value is -2.81.